The first-order valence-electron chi connectivity index (χ1n) is 9.74. The molecule has 2 saturated heterocycles. The van der Waals surface area contributed by atoms with Gasteiger partial charge in [-0.3, -0.25) is 4.79 Å². The van der Waals surface area contributed by atoms with Gasteiger partial charge in [-0.1, -0.05) is 38.1 Å². The average Bonchev–Trinajstić information content (AvgIpc) is 2.63. The number of hydrogen-bond acceptors (Lipinski definition) is 2. The van der Waals surface area contributed by atoms with E-state index in [0.717, 1.165) is 26.1 Å². The molecule has 3 heteroatoms. The summed E-state index contributed by atoms with van der Waals surface area (Å²) in [6.07, 6.45) is 6.56. The Hall–Kier alpha value is -1.35. The van der Waals surface area contributed by atoms with Crippen molar-refractivity contribution >= 4 is 5.91 Å². The first-order valence-corrected chi connectivity index (χ1v) is 9.74. The lowest BCUT2D eigenvalue weighted by molar-refractivity contribution is -0.132. The highest BCUT2D eigenvalue weighted by atomic mass is 16.2. The Morgan fingerprint density at radius 3 is 2.79 bits per heavy atom. The number of nitrogens with zero attached hydrogens (tertiary/aromatic N) is 1. The van der Waals surface area contributed by atoms with E-state index >= 15 is 0 Å². The first-order chi connectivity index (χ1) is 11.6. The van der Waals surface area contributed by atoms with E-state index in [1.165, 1.54) is 36.8 Å². The molecule has 0 saturated carbocycles. The third-order valence-corrected chi connectivity index (χ3v) is 5.67. The fourth-order valence-electron chi connectivity index (χ4n) is 4.12. The van der Waals surface area contributed by atoms with Crippen LogP contribution in [0, 0.1) is 0 Å². The quantitative estimate of drug-likeness (QED) is 0.904. The maximum atomic E-state index is 12.5. The molecule has 0 aromatic heterocycles. The summed E-state index contributed by atoms with van der Waals surface area (Å²) in [5.74, 6) is 1.51. The van der Waals surface area contributed by atoms with E-state index < -0.39 is 0 Å². The van der Waals surface area contributed by atoms with Crippen LogP contribution in [0.15, 0.2) is 24.3 Å². The van der Waals surface area contributed by atoms with E-state index in [1.54, 1.807) is 0 Å². The van der Waals surface area contributed by atoms with Crippen molar-refractivity contribution in [3.05, 3.63) is 35.4 Å². The van der Waals surface area contributed by atoms with Crippen molar-refractivity contribution in [3.8, 4) is 0 Å². The lowest BCUT2D eigenvalue weighted by Crippen LogP contribution is -2.43. The number of nitrogens with one attached hydrogen (secondary N) is 1. The van der Waals surface area contributed by atoms with E-state index in [-0.39, 0.29) is 0 Å². The molecule has 0 spiro atoms. The van der Waals surface area contributed by atoms with Crippen LogP contribution in [-0.2, 0) is 4.79 Å². The van der Waals surface area contributed by atoms with Gasteiger partial charge in [0.25, 0.3) is 0 Å². The first kappa shape index (κ1) is 17.5. The van der Waals surface area contributed by atoms with Crippen LogP contribution < -0.4 is 5.32 Å². The lowest BCUT2D eigenvalue weighted by Gasteiger charge is -2.33. The predicted octanol–water partition coefficient (Wildman–Crippen LogP) is 4.05. The molecule has 0 bridgehead atoms. The van der Waals surface area contributed by atoms with Crippen molar-refractivity contribution < 1.29 is 4.79 Å². The van der Waals surface area contributed by atoms with Gasteiger partial charge in [0, 0.05) is 25.6 Å². The second-order valence-electron chi connectivity index (χ2n) is 7.84. The highest BCUT2D eigenvalue weighted by Gasteiger charge is 2.27. The molecule has 1 N–H and O–H groups in total. The fraction of sp³-hybridized carbons (Fsp3) is 0.667. The van der Waals surface area contributed by atoms with E-state index in [1.807, 2.05) is 0 Å². The number of carbonyl (C=O) groups excluding carboxylic acids is 1. The molecular formula is C21H32N2O. The van der Waals surface area contributed by atoms with Gasteiger partial charge >= 0.3 is 0 Å². The van der Waals surface area contributed by atoms with Crippen LogP contribution in [0.25, 0.3) is 0 Å². The fourth-order valence-corrected chi connectivity index (χ4v) is 4.12. The summed E-state index contributed by atoms with van der Waals surface area (Å²) in [6, 6.07) is 9.41. The van der Waals surface area contributed by atoms with Crippen molar-refractivity contribution in [2.45, 2.75) is 70.3 Å². The van der Waals surface area contributed by atoms with Crippen molar-refractivity contribution in [1.82, 2.24) is 10.2 Å². The lowest BCUT2D eigenvalue weighted by atomic mass is 9.84. The summed E-state index contributed by atoms with van der Waals surface area (Å²) in [7, 11) is 0. The number of piperidine rings is 2. The Morgan fingerprint density at radius 2 is 2.04 bits per heavy atom. The molecule has 2 atom stereocenters. The molecule has 132 valence electrons. The summed E-state index contributed by atoms with van der Waals surface area (Å²) in [5.41, 5.74) is 2.88. The normalized spacial score (nSPS) is 25.0. The van der Waals surface area contributed by atoms with Gasteiger partial charge in [0.15, 0.2) is 0 Å². The molecule has 2 aliphatic rings. The molecule has 1 amide bonds. The molecule has 24 heavy (non-hydrogen) atoms. The largest absolute Gasteiger partial charge is 0.343 e. The van der Waals surface area contributed by atoms with Crippen LogP contribution in [0.5, 0.6) is 0 Å². The number of carbonyl (C=O) groups is 1. The Bertz CT molecular complexity index is 549. The molecule has 2 aliphatic heterocycles. The van der Waals surface area contributed by atoms with E-state index in [0.29, 0.717) is 30.2 Å². The number of hydrogen-bond donors (Lipinski definition) is 1. The average molecular weight is 329 g/mol. The van der Waals surface area contributed by atoms with Crippen molar-refractivity contribution in [3.63, 3.8) is 0 Å². The number of rotatable bonds is 4. The second kappa shape index (κ2) is 8.15. The monoisotopic (exact) mass is 328 g/mol. The van der Waals surface area contributed by atoms with E-state index in [4.69, 9.17) is 0 Å². The minimum atomic E-state index is 0.334. The number of benzene rings is 1. The number of likely N-dealkylation sites (tertiary alicyclic amines) is 1. The van der Waals surface area contributed by atoms with Crippen molar-refractivity contribution in [2.24, 2.45) is 0 Å². The molecule has 1 unspecified atom stereocenters. The Labute approximate surface area is 146 Å². The molecule has 2 heterocycles. The molecule has 1 aromatic carbocycles. The Kier molecular flexibility index (Phi) is 5.94. The van der Waals surface area contributed by atoms with Gasteiger partial charge in [0.1, 0.15) is 0 Å². The van der Waals surface area contributed by atoms with Crippen LogP contribution in [0.2, 0.25) is 0 Å². The third-order valence-electron chi connectivity index (χ3n) is 5.67. The van der Waals surface area contributed by atoms with Gasteiger partial charge in [-0.25, -0.2) is 0 Å². The summed E-state index contributed by atoms with van der Waals surface area (Å²) in [4.78, 5) is 14.6. The molecule has 0 aliphatic carbocycles. The summed E-state index contributed by atoms with van der Waals surface area (Å²) in [6.45, 7) is 7.45. The molecule has 3 nitrogen and oxygen atoms in total. The minimum absolute atomic E-state index is 0.334. The van der Waals surface area contributed by atoms with Gasteiger partial charge < -0.3 is 10.2 Å². The van der Waals surface area contributed by atoms with Crippen LogP contribution >= 0.6 is 0 Å². The summed E-state index contributed by atoms with van der Waals surface area (Å²) < 4.78 is 0. The zero-order chi connectivity index (χ0) is 16.9. The molecule has 3 rings (SSSR count). The predicted molar refractivity (Wildman–Crippen MR) is 99.3 cm³/mol. The highest BCUT2D eigenvalue weighted by molar-refractivity contribution is 5.77. The highest BCUT2D eigenvalue weighted by Crippen LogP contribution is 2.30. The van der Waals surface area contributed by atoms with Crippen LogP contribution in [-0.4, -0.2) is 36.5 Å². The van der Waals surface area contributed by atoms with Gasteiger partial charge in [-0.2, -0.15) is 0 Å². The number of amides is 1. The smallest absolute Gasteiger partial charge is 0.224 e. The van der Waals surface area contributed by atoms with Gasteiger partial charge in [-0.05, 0) is 61.6 Å². The Balaban J connectivity index is 1.59. The van der Waals surface area contributed by atoms with Gasteiger partial charge in [-0.15, -0.1) is 0 Å². The minimum Gasteiger partial charge on any atom is -0.343 e. The van der Waals surface area contributed by atoms with E-state index in [9.17, 15) is 4.79 Å². The third kappa shape index (κ3) is 4.38. The van der Waals surface area contributed by atoms with Gasteiger partial charge in [0.05, 0.1) is 0 Å². The van der Waals surface area contributed by atoms with Crippen LogP contribution in [0.1, 0.15) is 75.3 Å². The van der Waals surface area contributed by atoms with Crippen LogP contribution in [0.4, 0.5) is 0 Å². The zero-order valence-electron chi connectivity index (χ0n) is 15.3. The van der Waals surface area contributed by atoms with Crippen molar-refractivity contribution in [1.29, 1.82) is 0 Å². The second-order valence-corrected chi connectivity index (χ2v) is 7.84. The van der Waals surface area contributed by atoms with E-state index in [2.05, 4.69) is 48.3 Å². The van der Waals surface area contributed by atoms with Gasteiger partial charge in [0.2, 0.25) is 5.91 Å². The molecule has 2 fully saturated rings. The zero-order valence-corrected chi connectivity index (χ0v) is 15.3. The Morgan fingerprint density at radius 1 is 1.25 bits per heavy atom. The topological polar surface area (TPSA) is 32.3 Å². The molecule has 1 aromatic rings. The summed E-state index contributed by atoms with van der Waals surface area (Å²) >= 11 is 0. The standard InChI is InChI=1S/C21H32N2O/c1-16(2)17-7-6-8-18(13-17)19-9-10-22-20(14-19)15-21(24)23-11-4-3-5-12-23/h6-8,13,16,19-20,22H,3-5,9-12,14-15H2,1-2H3/t19?,20-/m1/s1. The summed E-state index contributed by atoms with van der Waals surface area (Å²) in [5, 5.41) is 3.58. The molecule has 0 radical (unpaired) electrons. The maximum absolute atomic E-state index is 12.5. The SMILES string of the molecule is CC(C)c1cccc(C2CCN[C@@H](CC(=O)N3CCCCC3)C2)c1. The molecular weight excluding hydrogens is 296 g/mol. The maximum Gasteiger partial charge on any atom is 0.224 e. The van der Waals surface area contributed by atoms with Crippen molar-refractivity contribution in [2.75, 3.05) is 19.6 Å². The van der Waals surface area contributed by atoms with Crippen LogP contribution in [0.3, 0.4) is 0 Å².